The van der Waals surface area contributed by atoms with Crippen molar-refractivity contribution in [3.8, 4) is 0 Å². The highest BCUT2D eigenvalue weighted by Gasteiger charge is 2.33. The second-order valence-corrected chi connectivity index (χ2v) is 6.88. The van der Waals surface area contributed by atoms with Crippen LogP contribution in [0.5, 0.6) is 0 Å². The molecule has 3 aromatic rings. The number of hydrogen-bond acceptors (Lipinski definition) is 5. The Hall–Kier alpha value is -2.91. The quantitative estimate of drug-likeness (QED) is 0.700. The summed E-state index contributed by atoms with van der Waals surface area (Å²) in [6, 6.07) is 3.05. The first kappa shape index (κ1) is 17.5. The Labute approximate surface area is 153 Å². The Balaban J connectivity index is 1.69. The number of rotatable bonds is 3. The fourth-order valence-electron chi connectivity index (χ4n) is 3.56. The topological polar surface area (TPSA) is 81.2 Å². The molecule has 1 fully saturated rings. The Morgan fingerprint density at radius 2 is 2.19 bits per heavy atom. The molecule has 0 unspecified atom stereocenters. The van der Waals surface area contributed by atoms with Crippen LogP contribution in [0.15, 0.2) is 24.7 Å². The van der Waals surface area contributed by atoms with Crippen molar-refractivity contribution in [2.45, 2.75) is 25.7 Å². The second-order valence-electron chi connectivity index (χ2n) is 6.88. The van der Waals surface area contributed by atoms with E-state index in [9.17, 15) is 13.6 Å². The Morgan fingerprint density at radius 1 is 1.37 bits per heavy atom. The molecule has 27 heavy (non-hydrogen) atoms. The fraction of sp³-hybridized carbons (Fsp3) is 0.471. The smallest absolute Gasteiger partial charge is 0.280 e. The zero-order valence-electron chi connectivity index (χ0n) is 15.0. The molecule has 142 valence electrons. The van der Waals surface area contributed by atoms with Crippen molar-refractivity contribution >= 4 is 11.7 Å². The highest BCUT2D eigenvalue weighted by atomic mass is 19.3. The summed E-state index contributed by atoms with van der Waals surface area (Å²) in [5.41, 5.74) is 0.643. The summed E-state index contributed by atoms with van der Waals surface area (Å²) in [5.74, 6) is 0.0165. The molecule has 0 radical (unpaired) electrons. The van der Waals surface area contributed by atoms with E-state index in [1.165, 1.54) is 16.9 Å². The van der Waals surface area contributed by atoms with Gasteiger partial charge in [0.2, 0.25) is 0 Å². The molecule has 0 bridgehead atoms. The van der Waals surface area contributed by atoms with E-state index in [1.54, 1.807) is 28.9 Å². The van der Waals surface area contributed by atoms with Crippen LogP contribution >= 0.6 is 0 Å². The molecule has 0 N–H and O–H groups in total. The molecule has 10 heteroatoms. The summed E-state index contributed by atoms with van der Waals surface area (Å²) >= 11 is 0. The first-order valence-corrected chi connectivity index (χ1v) is 8.71. The average Bonchev–Trinajstić information content (AvgIpc) is 3.29. The van der Waals surface area contributed by atoms with Gasteiger partial charge in [-0.15, -0.1) is 0 Å². The molecule has 1 amide bonds. The van der Waals surface area contributed by atoms with E-state index in [-0.39, 0.29) is 29.2 Å². The predicted octanol–water partition coefficient (Wildman–Crippen LogP) is 2.06. The van der Waals surface area contributed by atoms with Crippen LogP contribution in [0.3, 0.4) is 0 Å². The zero-order chi connectivity index (χ0) is 19.1. The lowest BCUT2D eigenvalue weighted by Crippen LogP contribution is -2.43. The van der Waals surface area contributed by atoms with Gasteiger partial charge in [0.1, 0.15) is 17.7 Å². The van der Waals surface area contributed by atoms with Gasteiger partial charge in [0.25, 0.3) is 18.1 Å². The third kappa shape index (κ3) is 3.15. The van der Waals surface area contributed by atoms with Crippen LogP contribution in [0.2, 0.25) is 0 Å². The minimum Gasteiger partial charge on any atom is -0.337 e. The van der Waals surface area contributed by atoms with Gasteiger partial charge in [0, 0.05) is 32.3 Å². The molecule has 0 aliphatic carbocycles. The van der Waals surface area contributed by atoms with Crippen LogP contribution in [-0.4, -0.2) is 53.3 Å². The predicted molar refractivity (Wildman–Crippen MR) is 91.4 cm³/mol. The van der Waals surface area contributed by atoms with Gasteiger partial charge in [-0.1, -0.05) is 6.92 Å². The van der Waals surface area contributed by atoms with Gasteiger partial charge >= 0.3 is 0 Å². The number of halogens is 2. The van der Waals surface area contributed by atoms with E-state index in [0.29, 0.717) is 24.5 Å². The van der Waals surface area contributed by atoms with E-state index in [4.69, 9.17) is 0 Å². The van der Waals surface area contributed by atoms with E-state index < -0.39 is 6.43 Å². The number of piperidine rings is 1. The maximum Gasteiger partial charge on any atom is 0.280 e. The largest absolute Gasteiger partial charge is 0.337 e. The summed E-state index contributed by atoms with van der Waals surface area (Å²) in [5, 5.41) is 8.31. The molecule has 2 atom stereocenters. The number of aryl methyl sites for hydroxylation is 1. The number of carbonyl (C=O) groups excluding carboxylic acids is 1. The number of alkyl halides is 2. The molecular weight excluding hydrogens is 356 g/mol. The maximum atomic E-state index is 13.3. The molecule has 8 nitrogen and oxygen atoms in total. The van der Waals surface area contributed by atoms with Crippen LogP contribution in [-0.2, 0) is 7.05 Å². The maximum absolute atomic E-state index is 13.3. The molecular formula is C17H19F2N7O. The number of aromatic nitrogens is 6. The van der Waals surface area contributed by atoms with Crippen LogP contribution < -0.4 is 0 Å². The van der Waals surface area contributed by atoms with E-state index >= 15 is 0 Å². The SMILES string of the molecule is C[C@H]1CCN(C(=O)c2ccn(C)n2)C[C@H]1c1cc(C(F)F)nc2ncnn12. The Bertz CT molecular complexity index is 983. The summed E-state index contributed by atoms with van der Waals surface area (Å²) in [6.45, 7) is 3.05. The minimum absolute atomic E-state index is 0.142. The fourth-order valence-corrected chi connectivity index (χ4v) is 3.56. The second kappa shape index (κ2) is 6.67. The monoisotopic (exact) mass is 375 g/mol. The van der Waals surface area contributed by atoms with E-state index in [0.717, 1.165) is 6.42 Å². The van der Waals surface area contributed by atoms with Crippen molar-refractivity contribution in [1.29, 1.82) is 0 Å². The van der Waals surface area contributed by atoms with Gasteiger partial charge in [-0.2, -0.15) is 15.2 Å². The van der Waals surface area contributed by atoms with Crippen molar-refractivity contribution < 1.29 is 13.6 Å². The number of hydrogen-bond donors (Lipinski definition) is 0. The van der Waals surface area contributed by atoms with Gasteiger partial charge in [-0.25, -0.2) is 18.3 Å². The van der Waals surface area contributed by atoms with Crippen LogP contribution in [0.1, 0.15) is 47.6 Å². The lowest BCUT2D eigenvalue weighted by atomic mass is 9.84. The van der Waals surface area contributed by atoms with Crippen LogP contribution in [0.4, 0.5) is 8.78 Å². The molecule has 0 saturated carbocycles. The number of amides is 1. The molecule has 3 aromatic heterocycles. The van der Waals surface area contributed by atoms with Crippen molar-refractivity contribution in [3.05, 3.63) is 41.7 Å². The lowest BCUT2D eigenvalue weighted by Gasteiger charge is -2.37. The standard InChI is InChI=1S/C17H19F2N7O/c1-10-3-6-25(16(27)12-4-5-24(2)23-12)8-11(10)14-7-13(15(18)19)22-17-20-9-21-26(14)17/h4-5,7,9-11,15H,3,6,8H2,1-2H3/t10-,11+/m0/s1. The summed E-state index contributed by atoms with van der Waals surface area (Å²) < 4.78 is 29.6. The van der Waals surface area contributed by atoms with Crippen LogP contribution in [0, 0.1) is 5.92 Å². The van der Waals surface area contributed by atoms with Crippen molar-refractivity contribution in [2.24, 2.45) is 13.0 Å². The highest BCUT2D eigenvalue weighted by molar-refractivity contribution is 5.92. The Morgan fingerprint density at radius 3 is 2.89 bits per heavy atom. The van der Waals surface area contributed by atoms with Gasteiger partial charge < -0.3 is 4.90 Å². The molecule has 4 heterocycles. The molecule has 0 aromatic carbocycles. The number of nitrogens with zero attached hydrogens (tertiary/aromatic N) is 7. The van der Waals surface area contributed by atoms with E-state index in [1.807, 2.05) is 0 Å². The van der Waals surface area contributed by atoms with Crippen molar-refractivity contribution in [2.75, 3.05) is 13.1 Å². The molecule has 1 aliphatic rings. The Kier molecular flexibility index (Phi) is 4.33. The molecule has 4 rings (SSSR count). The van der Waals surface area contributed by atoms with Gasteiger partial charge in [0.15, 0.2) is 0 Å². The van der Waals surface area contributed by atoms with Gasteiger partial charge in [0.05, 0.1) is 5.69 Å². The van der Waals surface area contributed by atoms with E-state index in [2.05, 4.69) is 27.1 Å². The highest BCUT2D eigenvalue weighted by Crippen LogP contribution is 2.34. The third-order valence-corrected chi connectivity index (χ3v) is 5.08. The lowest BCUT2D eigenvalue weighted by molar-refractivity contribution is 0.0658. The van der Waals surface area contributed by atoms with Crippen molar-refractivity contribution in [3.63, 3.8) is 0 Å². The average molecular weight is 375 g/mol. The van der Waals surface area contributed by atoms with Crippen molar-refractivity contribution in [1.82, 2.24) is 34.3 Å². The molecule has 1 aliphatic heterocycles. The number of carbonyl (C=O) groups is 1. The van der Waals surface area contributed by atoms with Gasteiger partial charge in [-0.05, 0) is 24.5 Å². The van der Waals surface area contributed by atoms with Gasteiger partial charge in [-0.3, -0.25) is 9.48 Å². The summed E-state index contributed by atoms with van der Waals surface area (Å²) in [7, 11) is 1.75. The zero-order valence-corrected chi connectivity index (χ0v) is 15.0. The molecule has 1 saturated heterocycles. The first-order chi connectivity index (χ1) is 12.9. The normalized spacial score (nSPS) is 20.6. The summed E-state index contributed by atoms with van der Waals surface area (Å²) in [6.07, 6.45) is 1.07. The minimum atomic E-state index is -2.70. The van der Waals surface area contributed by atoms with Crippen LogP contribution in [0.25, 0.3) is 5.78 Å². The number of fused-ring (bicyclic) bond motifs is 1. The first-order valence-electron chi connectivity index (χ1n) is 8.71. The number of likely N-dealkylation sites (tertiary alicyclic amines) is 1. The third-order valence-electron chi connectivity index (χ3n) is 5.08. The molecule has 0 spiro atoms. The summed E-state index contributed by atoms with van der Waals surface area (Å²) in [4.78, 5) is 22.3.